The first kappa shape index (κ1) is 14.8. The monoisotopic (exact) mass is 294 g/mol. The number of hydrogen-bond acceptors (Lipinski definition) is 4. The summed E-state index contributed by atoms with van der Waals surface area (Å²) in [6.45, 7) is 3.16. The average molecular weight is 294 g/mol. The largest absolute Gasteiger partial charge is 0.325 e. The van der Waals surface area contributed by atoms with Gasteiger partial charge in [0.25, 0.3) is 5.91 Å². The van der Waals surface area contributed by atoms with Gasteiger partial charge in [-0.15, -0.1) is 0 Å². The lowest BCUT2D eigenvalue weighted by molar-refractivity contribution is -0.132. The van der Waals surface area contributed by atoms with E-state index < -0.39 is 5.54 Å². The molecule has 2 atom stereocenters. The number of carbonyl (C=O) groups is 2. The Kier molecular flexibility index (Phi) is 4.17. The molecule has 6 heteroatoms. The molecule has 3 aliphatic heterocycles. The zero-order valence-electron chi connectivity index (χ0n) is 12.9. The molecule has 0 aromatic heterocycles. The molecule has 0 bridgehead atoms. The maximum atomic E-state index is 12.6. The molecule has 0 aliphatic carbocycles. The van der Waals surface area contributed by atoms with Gasteiger partial charge in [0.05, 0.1) is 0 Å². The van der Waals surface area contributed by atoms with Crippen LogP contribution in [-0.4, -0.2) is 66.5 Å². The molecule has 3 amide bonds. The lowest BCUT2D eigenvalue weighted by Crippen LogP contribution is -2.57. The van der Waals surface area contributed by atoms with Crippen LogP contribution in [0, 0.1) is 0 Å². The molecular formula is C15H26N4O2. The number of likely N-dealkylation sites (tertiary alicyclic amines) is 1. The van der Waals surface area contributed by atoms with Crippen molar-refractivity contribution in [2.45, 2.75) is 50.1 Å². The quantitative estimate of drug-likeness (QED) is 0.746. The molecule has 118 valence electrons. The summed E-state index contributed by atoms with van der Waals surface area (Å²) >= 11 is 0. The van der Waals surface area contributed by atoms with E-state index >= 15 is 0 Å². The third kappa shape index (κ3) is 2.79. The van der Waals surface area contributed by atoms with E-state index in [4.69, 9.17) is 0 Å². The highest BCUT2D eigenvalue weighted by Crippen LogP contribution is 2.26. The van der Waals surface area contributed by atoms with Gasteiger partial charge in [-0.3, -0.25) is 9.69 Å². The van der Waals surface area contributed by atoms with E-state index in [2.05, 4.69) is 22.6 Å². The van der Waals surface area contributed by atoms with Gasteiger partial charge in [-0.25, -0.2) is 4.79 Å². The lowest BCUT2D eigenvalue weighted by Gasteiger charge is -2.33. The van der Waals surface area contributed by atoms with E-state index in [1.54, 1.807) is 0 Å². The number of rotatable bonds is 3. The predicted octanol–water partition coefficient (Wildman–Crippen LogP) is 0.535. The van der Waals surface area contributed by atoms with Crippen LogP contribution in [0.15, 0.2) is 0 Å². The van der Waals surface area contributed by atoms with Crippen LogP contribution in [0.5, 0.6) is 0 Å². The minimum absolute atomic E-state index is 0.0295. The van der Waals surface area contributed by atoms with E-state index in [1.165, 1.54) is 24.2 Å². The van der Waals surface area contributed by atoms with Crippen molar-refractivity contribution in [3.05, 3.63) is 0 Å². The van der Waals surface area contributed by atoms with Crippen LogP contribution in [0.25, 0.3) is 0 Å². The minimum Gasteiger partial charge on any atom is -0.322 e. The molecule has 0 aromatic rings. The smallest absolute Gasteiger partial charge is 0.322 e. The van der Waals surface area contributed by atoms with E-state index in [1.807, 2.05) is 0 Å². The number of amides is 3. The van der Waals surface area contributed by atoms with Crippen LogP contribution < -0.4 is 10.6 Å². The van der Waals surface area contributed by atoms with Gasteiger partial charge in [-0.1, -0.05) is 6.42 Å². The first-order valence-corrected chi connectivity index (χ1v) is 8.17. The van der Waals surface area contributed by atoms with Gasteiger partial charge in [-0.2, -0.15) is 0 Å². The maximum Gasteiger partial charge on any atom is 0.325 e. The standard InChI is InChI=1S/C15H26N4O2/c1-18-9-3-2-5-12(18)6-10-19-13(20)15(17-14(19)21)7-4-8-16-11-15/h12,16H,2-11H2,1H3,(H,17,21). The summed E-state index contributed by atoms with van der Waals surface area (Å²) in [5, 5.41) is 6.16. The summed E-state index contributed by atoms with van der Waals surface area (Å²) < 4.78 is 0. The molecule has 0 aromatic carbocycles. The van der Waals surface area contributed by atoms with Gasteiger partial charge in [-0.05, 0) is 52.2 Å². The normalized spacial score (nSPS) is 34.5. The number of nitrogens with one attached hydrogen (secondary N) is 2. The zero-order chi connectivity index (χ0) is 14.9. The van der Waals surface area contributed by atoms with E-state index in [0.717, 1.165) is 32.4 Å². The van der Waals surface area contributed by atoms with Gasteiger partial charge < -0.3 is 15.5 Å². The molecule has 3 fully saturated rings. The summed E-state index contributed by atoms with van der Waals surface area (Å²) in [4.78, 5) is 28.6. The van der Waals surface area contributed by atoms with Crippen molar-refractivity contribution in [3.8, 4) is 0 Å². The number of urea groups is 1. The van der Waals surface area contributed by atoms with Crippen molar-refractivity contribution in [1.82, 2.24) is 20.4 Å². The molecule has 2 N–H and O–H groups in total. The molecule has 0 radical (unpaired) electrons. The second-order valence-electron chi connectivity index (χ2n) is 6.67. The van der Waals surface area contributed by atoms with Crippen LogP contribution in [0.4, 0.5) is 4.79 Å². The highest BCUT2D eigenvalue weighted by Gasteiger charge is 2.51. The third-order valence-electron chi connectivity index (χ3n) is 5.24. The van der Waals surface area contributed by atoms with Gasteiger partial charge in [0.15, 0.2) is 0 Å². The maximum absolute atomic E-state index is 12.6. The molecular weight excluding hydrogens is 268 g/mol. The summed E-state index contributed by atoms with van der Waals surface area (Å²) in [5.74, 6) is -0.0295. The van der Waals surface area contributed by atoms with Crippen molar-refractivity contribution in [2.24, 2.45) is 0 Å². The topological polar surface area (TPSA) is 64.7 Å². The molecule has 3 rings (SSSR count). The highest BCUT2D eigenvalue weighted by atomic mass is 16.2. The summed E-state index contributed by atoms with van der Waals surface area (Å²) in [6, 6.07) is 0.294. The van der Waals surface area contributed by atoms with Crippen LogP contribution in [0.2, 0.25) is 0 Å². The summed E-state index contributed by atoms with van der Waals surface area (Å²) in [6.07, 6.45) is 6.26. The molecule has 3 aliphatic rings. The van der Waals surface area contributed by atoms with Gasteiger partial charge in [0, 0.05) is 19.1 Å². The second kappa shape index (κ2) is 5.93. The van der Waals surface area contributed by atoms with Gasteiger partial charge >= 0.3 is 6.03 Å². The second-order valence-corrected chi connectivity index (χ2v) is 6.67. The van der Waals surface area contributed by atoms with Crippen molar-refractivity contribution in [2.75, 3.05) is 33.2 Å². The molecule has 3 heterocycles. The number of imide groups is 1. The number of hydrogen-bond donors (Lipinski definition) is 2. The lowest BCUT2D eigenvalue weighted by atomic mass is 9.90. The summed E-state index contributed by atoms with van der Waals surface area (Å²) in [5.41, 5.74) is -0.673. The van der Waals surface area contributed by atoms with E-state index in [-0.39, 0.29) is 11.9 Å². The molecule has 2 unspecified atom stereocenters. The van der Waals surface area contributed by atoms with E-state index in [9.17, 15) is 9.59 Å². The minimum atomic E-state index is -0.673. The fraction of sp³-hybridized carbons (Fsp3) is 0.867. The molecule has 1 spiro atoms. The molecule has 6 nitrogen and oxygen atoms in total. The van der Waals surface area contributed by atoms with Gasteiger partial charge in [0.2, 0.25) is 0 Å². The highest BCUT2D eigenvalue weighted by molar-refractivity contribution is 6.07. The Balaban J connectivity index is 1.60. The Morgan fingerprint density at radius 3 is 2.86 bits per heavy atom. The van der Waals surface area contributed by atoms with Gasteiger partial charge in [0.1, 0.15) is 5.54 Å². The SMILES string of the molecule is CN1CCCCC1CCN1C(=O)NC2(CCCNC2)C1=O. The Morgan fingerprint density at radius 1 is 1.29 bits per heavy atom. The van der Waals surface area contributed by atoms with Crippen LogP contribution >= 0.6 is 0 Å². The fourth-order valence-corrected chi connectivity index (χ4v) is 3.86. The molecule has 0 saturated carbocycles. The third-order valence-corrected chi connectivity index (χ3v) is 5.24. The van der Waals surface area contributed by atoms with Crippen molar-refractivity contribution >= 4 is 11.9 Å². The Morgan fingerprint density at radius 2 is 2.14 bits per heavy atom. The first-order valence-electron chi connectivity index (χ1n) is 8.17. The van der Waals surface area contributed by atoms with Crippen molar-refractivity contribution in [1.29, 1.82) is 0 Å². The van der Waals surface area contributed by atoms with Crippen LogP contribution in [0.1, 0.15) is 38.5 Å². The summed E-state index contributed by atoms with van der Waals surface area (Å²) in [7, 11) is 2.14. The van der Waals surface area contributed by atoms with Crippen molar-refractivity contribution < 1.29 is 9.59 Å². The Labute approximate surface area is 126 Å². The van der Waals surface area contributed by atoms with E-state index in [0.29, 0.717) is 19.1 Å². The molecule has 3 saturated heterocycles. The Hall–Kier alpha value is -1.14. The number of piperidine rings is 2. The first-order chi connectivity index (χ1) is 10.1. The van der Waals surface area contributed by atoms with Crippen molar-refractivity contribution in [3.63, 3.8) is 0 Å². The molecule has 21 heavy (non-hydrogen) atoms. The predicted molar refractivity (Wildman–Crippen MR) is 80.0 cm³/mol. The number of carbonyl (C=O) groups excluding carboxylic acids is 2. The zero-order valence-corrected chi connectivity index (χ0v) is 12.9. The Bertz CT molecular complexity index is 420. The van der Waals surface area contributed by atoms with Crippen LogP contribution in [0.3, 0.4) is 0 Å². The average Bonchev–Trinajstić information content (AvgIpc) is 2.70. The number of nitrogens with zero attached hydrogens (tertiary/aromatic N) is 2. The fourth-order valence-electron chi connectivity index (χ4n) is 3.86. The van der Waals surface area contributed by atoms with Crippen LogP contribution in [-0.2, 0) is 4.79 Å².